The fraction of sp³-hybridized carbons (Fsp3) is 0.0870. The first-order valence-electron chi connectivity index (χ1n) is 9.68. The van der Waals surface area contributed by atoms with Crippen molar-refractivity contribution in [1.82, 2.24) is 14.9 Å². The van der Waals surface area contributed by atoms with E-state index in [1.165, 1.54) is 0 Å². The maximum atomic E-state index is 12.7. The van der Waals surface area contributed by atoms with Gasteiger partial charge in [0, 0.05) is 35.4 Å². The van der Waals surface area contributed by atoms with Crippen molar-refractivity contribution >= 4 is 67.7 Å². The van der Waals surface area contributed by atoms with Crippen LogP contribution in [-0.2, 0) is 7.05 Å². The van der Waals surface area contributed by atoms with Crippen LogP contribution in [0.25, 0.3) is 11.0 Å². The zero-order valence-corrected chi connectivity index (χ0v) is 19.6. The Morgan fingerprint density at radius 1 is 0.969 bits per heavy atom. The van der Waals surface area contributed by atoms with Gasteiger partial charge in [0.2, 0.25) is 5.95 Å². The van der Waals surface area contributed by atoms with Crippen molar-refractivity contribution in [3.63, 3.8) is 0 Å². The van der Waals surface area contributed by atoms with Crippen molar-refractivity contribution in [1.29, 1.82) is 0 Å². The lowest BCUT2D eigenvalue weighted by atomic mass is 10.2. The zero-order valence-electron chi connectivity index (χ0n) is 17.2. The van der Waals surface area contributed by atoms with Crippen molar-refractivity contribution < 1.29 is 9.59 Å². The summed E-state index contributed by atoms with van der Waals surface area (Å²) in [6.45, 7) is 0. The van der Waals surface area contributed by atoms with Crippen LogP contribution in [0.1, 0.15) is 20.7 Å². The van der Waals surface area contributed by atoms with Gasteiger partial charge in [-0.05, 0) is 60.7 Å². The molecule has 4 aromatic rings. The van der Waals surface area contributed by atoms with E-state index in [9.17, 15) is 9.59 Å². The number of imidazole rings is 1. The predicted molar refractivity (Wildman–Crippen MR) is 131 cm³/mol. The van der Waals surface area contributed by atoms with Crippen LogP contribution < -0.4 is 16.0 Å². The van der Waals surface area contributed by atoms with Crippen LogP contribution in [0.4, 0.5) is 17.3 Å². The van der Waals surface area contributed by atoms with Crippen molar-refractivity contribution in [3.05, 3.63) is 81.3 Å². The molecule has 0 saturated heterocycles. The average Bonchev–Trinajstić information content (AvgIpc) is 3.10. The summed E-state index contributed by atoms with van der Waals surface area (Å²) in [4.78, 5) is 29.2. The van der Waals surface area contributed by atoms with Gasteiger partial charge in [-0.3, -0.25) is 9.59 Å². The van der Waals surface area contributed by atoms with E-state index in [0.717, 1.165) is 9.99 Å². The Bertz CT molecular complexity index is 1330. The van der Waals surface area contributed by atoms with Crippen molar-refractivity contribution in [3.8, 4) is 0 Å². The molecule has 9 heteroatoms. The second-order valence-corrected chi connectivity index (χ2v) is 8.38. The molecule has 0 saturated carbocycles. The van der Waals surface area contributed by atoms with Crippen LogP contribution in [0.5, 0.6) is 0 Å². The lowest BCUT2D eigenvalue weighted by Crippen LogP contribution is -2.17. The Hall–Kier alpha value is -3.36. The van der Waals surface area contributed by atoms with Gasteiger partial charge in [-0.2, -0.15) is 0 Å². The number of anilines is 3. The third-order valence-electron chi connectivity index (χ3n) is 4.95. The van der Waals surface area contributed by atoms with E-state index in [1.54, 1.807) is 37.4 Å². The van der Waals surface area contributed by atoms with Gasteiger partial charge < -0.3 is 20.5 Å². The monoisotopic (exact) mass is 511 g/mol. The molecule has 3 N–H and O–H groups in total. The molecule has 2 amide bonds. The topological polar surface area (TPSA) is 88.1 Å². The minimum absolute atomic E-state index is 0.212. The minimum atomic E-state index is -0.226. The molecule has 0 atom stereocenters. The molecule has 0 aliphatic rings. The minimum Gasteiger partial charge on any atom is -0.355 e. The number of hydrogen-bond donors (Lipinski definition) is 3. The molecule has 32 heavy (non-hydrogen) atoms. The van der Waals surface area contributed by atoms with Crippen LogP contribution in [-0.4, -0.2) is 28.4 Å². The molecule has 3 aromatic carbocycles. The van der Waals surface area contributed by atoms with Gasteiger partial charge in [0.05, 0.1) is 21.7 Å². The molecule has 0 aliphatic heterocycles. The highest BCUT2D eigenvalue weighted by molar-refractivity contribution is 9.10. The second-order valence-electron chi connectivity index (χ2n) is 7.06. The number of rotatable bonds is 5. The summed E-state index contributed by atoms with van der Waals surface area (Å²) >= 11 is 9.69. The molecule has 0 bridgehead atoms. The molecule has 0 spiro atoms. The van der Waals surface area contributed by atoms with E-state index in [-0.39, 0.29) is 11.8 Å². The number of amides is 2. The van der Waals surface area contributed by atoms with Gasteiger partial charge >= 0.3 is 0 Å². The average molecular weight is 513 g/mol. The summed E-state index contributed by atoms with van der Waals surface area (Å²) in [5.74, 6) is 0.0910. The Morgan fingerprint density at radius 2 is 1.66 bits per heavy atom. The summed E-state index contributed by atoms with van der Waals surface area (Å²) in [7, 11) is 3.43. The summed E-state index contributed by atoms with van der Waals surface area (Å²) in [6, 6.07) is 17.7. The summed E-state index contributed by atoms with van der Waals surface area (Å²) < 4.78 is 2.79. The first kappa shape index (κ1) is 21.9. The highest BCUT2D eigenvalue weighted by Gasteiger charge is 2.14. The molecule has 0 radical (unpaired) electrons. The first-order chi connectivity index (χ1) is 15.4. The molecule has 7 nitrogen and oxygen atoms in total. The molecule has 0 fully saturated rings. The molecule has 4 rings (SSSR count). The number of carbonyl (C=O) groups excluding carboxylic acids is 2. The quantitative estimate of drug-likeness (QED) is 0.337. The number of hydrogen-bond acceptors (Lipinski definition) is 4. The standard InChI is InChI=1S/C23H19BrClN5O2/c1-26-21(31)13-3-9-17(25)18(11-13)28-23-29-19-12-14(4-10-20(19)30(23)2)22(32)27-16-7-5-15(24)6-8-16/h3-12H,1-2H3,(H,26,31)(H,27,32)(H,28,29). The van der Waals surface area contributed by atoms with Gasteiger partial charge in [-0.15, -0.1) is 0 Å². The smallest absolute Gasteiger partial charge is 0.255 e. The van der Waals surface area contributed by atoms with Gasteiger partial charge in [-0.1, -0.05) is 27.5 Å². The molecule has 0 aliphatic carbocycles. The van der Waals surface area contributed by atoms with Crippen LogP contribution in [0.3, 0.4) is 0 Å². The number of fused-ring (bicyclic) bond motifs is 1. The Balaban J connectivity index is 1.61. The molecular formula is C23H19BrClN5O2. The number of benzene rings is 3. The van der Waals surface area contributed by atoms with Gasteiger partial charge in [-0.25, -0.2) is 4.98 Å². The number of nitrogens with one attached hydrogen (secondary N) is 3. The van der Waals surface area contributed by atoms with Gasteiger partial charge in [0.25, 0.3) is 11.8 Å². The number of aromatic nitrogens is 2. The molecule has 1 aromatic heterocycles. The maximum absolute atomic E-state index is 12.7. The summed E-state index contributed by atoms with van der Waals surface area (Å²) in [6.07, 6.45) is 0. The van der Waals surface area contributed by atoms with Crippen LogP contribution in [0.15, 0.2) is 65.1 Å². The predicted octanol–water partition coefficient (Wildman–Crippen LogP) is 5.34. The van der Waals surface area contributed by atoms with E-state index in [2.05, 4.69) is 36.9 Å². The van der Waals surface area contributed by atoms with E-state index in [4.69, 9.17) is 11.6 Å². The fourth-order valence-electron chi connectivity index (χ4n) is 3.22. The second kappa shape index (κ2) is 9.02. The van der Waals surface area contributed by atoms with Crippen LogP contribution in [0.2, 0.25) is 5.02 Å². The van der Waals surface area contributed by atoms with E-state index in [0.29, 0.717) is 39.0 Å². The van der Waals surface area contributed by atoms with Gasteiger partial charge in [0.1, 0.15) is 0 Å². The number of aryl methyl sites for hydroxylation is 1. The Kier molecular flexibility index (Phi) is 6.16. The third kappa shape index (κ3) is 4.46. The van der Waals surface area contributed by atoms with E-state index in [1.807, 2.05) is 41.9 Å². The SMILES string of the molecule is CNC(=O)c1ccc(Cl)c(Nc2nc3cc(C(=O)Nc4ccc(Br)cc4)ccc3n2C)c1. The third-order valence-corrected chi connectivity index (χ3v) is 5.81. The first-order valence-corrected chi connectivity index (χ1v) is 10.8. The lowest BCUT2D eigenvalue weighted by Gasteiger charge is -2.10. The summed E-state index contributed by atoms with van der Waals surface area (Å²) in [5.41, 5.74) is 3.71. The fourth-order valence-corrected chi connectivity index (χ4v) is 3.65. The van der Waals surface area contributed by atoms with Crippen LogP contribution >= 0.6 is 27.5 Å². The van der Waals surface area contributed by atoms with E-state index < -0.39 is 0 Å². The van der Waals surface area contributed by atoms with Crippen molar-refractivity contribution in [2.75, 3.05) is 17.7 Å². The highest BCUT2D eigenvalue weighted by atomic mass is 79.9. The molecular weight excluding hydrogens is 494 g/mol. The number of halogens is 2. The highest BCUT2D eigenvalue weighted by Crippen LogP contribution is 2.28. The van der Waals surface area contributed by atoms with Crippen molar-refractivity contribution in [2.24, 2.45) is 7.05 Å². The molecule has 162 valence electrons. The molecule has 0 unspecified atom stereocenters. The Labute approximate surface area is 197 Å². The van der Waals surface area contributed by atoms with Crippen molar-refractivity contribution in [2.45, 2.75) is 0 Å². The lowest BCUT2D eigenvalue weighted by molar-refractivity contribution is 0.0962. The number of carbonyl (C=O) groups is 2. The largest absolute Gasteiger partial charge is 0.355 e. The van der Waals surface area contributed by atoms with Gasteiger partial charge in [0.15, 0.2) is 0 Å². The zero-order chi connectivity index (χ0) is 22.8. The number of nitrogens with zero attached hydrogens (tertiary/aromatic N) is 2. The maximum Gasteiger partial charge on any atom is 0.255 e. The Morgan fingerprint density at radius 3 is 2.38 bits per heavy atom. The van der Waals surface area contributed by atoms with E-state index >= 15 is 0 Å². The van der Waals surface area contributed by atoms with Crippen LogP contribution in [0, 0.1) is 0 Å². The summed E-state index contributed by atoms with van der Waals surface area (Å²) in [5, 5.41) is 9.10. The normalized spacial score (nSPS) is 10.8. The molecule has 1 heterocycles.